The van der Waals surface area contributed by atoms with Crippen LogP contribution in [0, 0.1) is 0 Å². The molecule has 0 saturated heterocycles. The molecule has 2 fully saturated rings. The number of carbonyl (C=O) groups excluding carboxylic acids is 2. The van der Waals surface area contributed by atoms with Gasteiger partial charge in [0.05, 0.1) is 5.56 Å². The van der Waals surface area contributed by atoms with Crippen molar-refractivity contribution in [3.63, 3.8) is 0 Å². The summed E-state index contributed by atoms with van der Waals surface area (Å²) in [5.74, 6) is -0.549. The largest absolute Gasteiger partial charge is 0.452 e. The van der Waals surface area contributed by atoms with Gasteiger partial charge in [-0.1, -0.05) is 38.5 Å². The Hall–Kier alpha value is -2.37. The molecular weight excluding hydrogens is 356 g/mol. The smallest absolute Gasteiger partial charge is 0.338 e. The molecule has 2 aliphatic rings. The number of amides is 1. The summed E-state index contributed by atoms with van der Waals surface area (Å²) in [6.45, 7) is -0.194. The molecule has 2 aromatic rings. The van der Waals surface area contributed by atoms with Gasteiger partial charge in [0.15, 0.2) is 18.6 Å². The predicted octanol–water partition coefficient (Wildman–Crippen LogP) is 4.48. The zero-order valence-corrected chi connectivity index (χ0v) is 16.3. The first-order chi connectivity index (χ1) is 13.7. The van der Waals surface area contributed by atoms with Crippen molar-refractivity contribution in [2.45, 2.75) is 76.3 Å². The van der Waals surface area contributed by atoms with E-state index >= 15 is 0 Å². The van der Waals surface area contributed by atoms with Gasteiger partial charge in [-0.3, -0.25) is 4.79 Å². The molecule has 1 aromatic carbocycles. The van der Waals surface area contributed by atoms with E-state index in [1.807, 2.05) is 0 Å². The summed E-state index contributed by atoms with van der Waals surface area (Å²) in [6.07, 6.45) is 12.8. The van der Waals surface area contributed by atoms with Gasteiger partial charge >= 0.3 is 5.97 Å². The van der Waals surface area contributed by atoms with E-state index in [0.717, 1.165) is 25.7 Å². The number of benzene rings is 1. The quantitative estimate of drug-likeness (QED) is 0.711. The first kappa shape index (κ1) is 19.0. The second-order valence-corrected chi connectivity index (χ2v) is 8.00. The summed E-state index contributed by atoms with van der Waals surface area (Å²) in [7, 11) is 0. The number of esters is 1. The van der Waals surface area contributed by atoms with Gasteiger partial charge < -0.3 is 14.1 Å². The Morgan fingerprint density at radius 2 is 1.64 bits per heavy atom. The van der Waals surface area contributed by atoms with Crippen LogP contribution in [-0.2, 0) is 9.53 Å². The number of ether oxygens (including phenoxy) is 1. The molecule has 150 valence electrons. The zero-order valence-electron chi connectivity index (χ0n) is 16.3. The Bertz CT molecular complexity index is 801. The topological polar surface area (TPSA) is 72.6 Å². The number of hydrogen-bond donors (Lipinski definition) is 0. The third kappa shape index (κ3) is 4.21. The van der Waals surface area contributed by atoms with E-state index in [1.54, 1.807) is 18.2 Å². The average Bonchev–Trinajstić information content (AvgIpc) is 3.22. The lowest BCUT2D eigenvalue weighted by atomic mass is 9.88. The van der Waals surface area contributed by atoms with Gasteiger partial charge in [-0.15, -0.1) is 0 Å². The minimum absolute atomic E-state index is 0.0482. The molecule has 0 N–H and O–H groups in total. The van der Waals surface area contributed by atoms with Crippen LogP contribution in [0.3, 0.4) is 0 Å². The highest BCUT2D eigenvalue weighted by atomic mass is 16.5. The van der Waals surface area contributed by atoms with E-state index in [9.17, 15) is 9.59 Å². The standard InChI is InChI=1S/C22H28N2O4/c25-21(14-27-22(26)16-11-12-19-20(13-16)28-15-23-19)24(17-7-3-1-4-8-17)18-9-5-2-6-10-18/h11-13,15,17-18H,1-10,14H2. The van der Waals surface area contributed by atoms with Crippen molar-refractivity contribution in [3.8, 4) is 0 Å². The molecular formula is C22H28N2O4. The van der Waals surface area contributed by atoms with Crippen LogP contribution in [0.2, 0.25) is 0 Å². The monoisotopic (exact) mass is 384 g/mol. The Balaban J connectivity index is 1.41. The molecule has 0 atom stereocenters. The molecule has 0 aliphatic heterocycles. The Morgan fingerprint density at radius 1 is 1.00 bits per heavy atom. The van der Waals surface area contributed by atoms with E-state index in [-0.39, 0.29) is 12.5 Å². The van der Waals surface area contributed by atoms with E-state index in [4.69, 9.17) is 9.15 Å². The van der Waals surface area contributed by atoms with Crippen molar-refractivity contribution in [1.82, 2.24) is 9.88 Å². The fraction of sp³-hybridized carbons (Fsp3) is 0.591. The third-order valence-corrected chi connectivity index (χ3v) is 6.12. The van der Waals surface area contributed by atoms with Crippen molar-refractivity contribution in [1.29, 1.82) is 0 Å². The summed E-state index contributed by atoms with van der Waals surface area (Å²) in [5, 5.41) is 0. The molecule has 0 spiro atoms. The van der Waals surface area contributed by atoms with Crippen LogP contribution < -0.4 is 0 Å². The summed E-state index contributed by atoms with van der Waals surface area (Å²) >= 11 is 0. The van der Waals surface area contributed by atoms with Crippen molar-refractivity contribution >= 4 is 23.0 Å². The third-order valence-electron chi connectivity index (χ3n) is 6.12. The highest BCUT2D eigenvalue weighted by Crippen LogP contribution is 2.30. The van der Waals surface area contributed by atoms with Crippen molar-refractivity contribution in [3.05, 3.63) is 30.2 Å². The zero-order chi connectivity index (χ0) is 19.3. The molecule has 6 heteroatoms. The van der Waals surface area contributed by atoms with Gasteiger partial charge in [-0.25, -0.2) is 9.78 Å². The van der Waals surface area contributed by atoms with E-state index in [0.29, 0.717) is 28.7 Å². The van der Waals surface area contributed by atoms with Gasteiger partial charge in [0.25, 0.3) is 5.91 Å². The number of fused-ring (bicyclic) bond motifs is 1. The fourth-order valence-electron chi connectivity index (χ4n) is 4.69. The first-order valence-electron chi connectivity index (χ1n) is 10.5. The second kappa shape index (κ2) is 8.76. The molecule has 0 unspecified atom stereocenters. The lowest BCUT2D eigenvalue weighted by Crippen LogP contribution is -2.50. The molecule has 1 aromatic heterocycles. The van der Waals surface area contributed by atoms with Crippen LogP contribution in [0.1, 0.15) is 74.6 Å². The van der Waals surface area contributed by atoms with Gasteiger partial charge in [0.1, 0.15) is 5.52 Å². The van der Waals surface area contributed by atoms with E-state index < -0.39 is 5.97 Å². The van der Waals surface area contributed by atoms with Gasteiger partial charge in [-0.2, -0.15) is 0 Å². The van der Waals surface area contributed by atoms with Crippen molar-refractivity contribution < 1.29 is 18.7 Å². The van der Waals surface area contributed by atoms with Crippen molar-refractivity contribution in [2.24, 2.45) is 0 Å². The SMILES string of the molecule is O=C(OCC(=O)N(C1CCCCC1)C1CCCCC1)c1ccc2ncoc2c1. The Morgan fingerprint density at radius 3 is 2.29 bits per heavy atom. The molecule has 0 bridgehead atoms. The number of nitrogens with zero attached hydrogens (tertiary/aromatic N) is 2. The Labute approximate surface area is 165 Å². The molecule has 2 aliphatic carbocycles. The predicted molar refractivity (Wildman–Crippen MR) is 105 cm³/mol. The van der Waals surface area contributed by atoms with Crippen LogP contribution >= 0.6 is 0 Å². The highest BCUT2D eigenvalue weighted by molar-refractivity contribution is 5.94. The molecule has 0 radical (unpaired) electrons. The number of oxazole rings is 1. The van der Waals surface area contributed by atoms with Crippen molar-refractivity contribution in [2.75, 3.05) is 6.61 Å². The average molecular weight is 384 g/mol. The number of hydrogen-bond acceptors (Lipinski definition) is 5. The lowest BCUT2D eigenvalue weighted by molar-refractivity contribution is -0.141. The van der Waals surface area contributed by atoms with Gasteiger partial charge in [0, 0.05) is 12.1 Å². The van der Waals surface area contributed by atoms with Crippen LogP contribution in [0.4, 0.5) is 0 Å². The van der Waals surface area contributed by atoms with E-state index in [1.165, 1.54) is 44.9 Å². The first-order valence-corrected chi connectivity index (χ1v) is 10.5. The fourth-order valence-corrected chi connectivity index (χ4v) is 4.69. The summed E-state index contributed by atoms with van der Waals surface area (Å²) in [6, 6.07) is 5.57. The number of rotatable bonds is 5. The minimum Gasteiger partial charge on any atom is -0.452 e. The normalized spacial score (nSPS) is 18.9. The van der Waals surface area contributed by atoms with Gasteiger partial charge in [0.2, 0.25) is 0 Å². The van der Waals surface area contributed by atoms with Crippen LogP contribution in [0.25, 0.3) is 11.1 Å². The number of aromatic nitrogens is 1. The second-order valence-electron chi connectivity index (χ2n) is 8.00. The number of carbonyl (C=O) groups is 2. The Kier molecular flexibility index (Phi) is 5.93. The lowest BCUT2D eigenvalue weighted by Gasteiger charge is -2.41. The molecule has 6 nitrogen and oxygen atoms in total. The molecule has 28 heavy (non-hydrogen) atoms. The molecule has 1 heterocycles. The summed E-state index contributed by atoms with van der Waals surface area (Å²) in [4.78, 5) is 31.6. The maximum atomic E-state index is 13.1. The maximum absolute atomic E-state index is 13.1. The molecule has 4 rings (SSSR count). The van der Waals surface area contributed by atoms with Crippen LogP contribution in [0.15, 0.2) is 29.0 Å². The maximum Gasteiger partial charge on any atom is 0.338 e. The minimum atomic E-state index is -0.501. The van der Waals surface area contributed by atoms with Gasteiger partial charge in [-0.05, 0) is 43.9 Å². The van der Waals surface area contributed by atoms with Crippen LogP contribution in [0.5, 0.6) is 0 Å². The van der Waals surface area contributed by atoms with Crippen LogP contribution in [-0.4, -0.2) is 40.5 Å². The molecule has 2 saturated carbocycles. The summed E-state index contributed by atoms with van der Waals surface area (Å²) in [5.41, 5.74) is 1.60. The molecule has 1 amide bonds. The highest BCUT2D eigenvalue weighted by Gasteiger charge is 2.32. The van der Waals surface area contributed by atoms with E-state index in [2.05, 4.69) is 9.88 Å². The summed E-state index contributed by atoms with van der Waals surface area (Å²) < 4.78 is 10.6.